The van der Waals surface area contributed by atoms with Crippen molar-refractivity contribution < 1.29 is 9.84 Å². The summed E-state index contributed by atoms with van der Waals surface area (Å²) in [6, 6.07) is 5.98. The average molecular weight is 219 g/mol. The largest absolute Gasteiger partial charge is 0.445 e. The molecule has 0 saturated carbocycles. The standard InChI is InChI=1S/C13H17NO2/c1-4-5-9(2)10-6-7-12-11(8-10)14(3)13(15)16-12/h5-8,13,15H,4H2,1-3H3. The van der Waals surface area contributed by atoms with Gasteiger partial charge < -0.3 is 14.7 Å². The number of fused-ring (bicyclic) bond motifs is 1. The van der Waals surface area contributed by atoms with Crippen LogP contribution in [0.5, 0.6) is 5.75 Å². The first-order chi connectivity index (χ1) is 7.63. The zero-order valence-electron chi connectivity index (χ0n) is 9.90. The summed E-state index contributed by atoms with van der Waals surface area (Å²) >= 11 is 0. The Morgan fingerprint density at radius 3 is 3.00 bits per heavy atom. The zero-order valence-corrected chi connectivity index (χ0v) is 9.90. The molecule has 2 rings (SSSR count). The molecule has 1 heterocycles. The Balaban J connectivity index is 2.37. The van der Waals surface area contributed by atoms with Gasteiger partial charge >= 0.3 is 0 Å². The Morgan fingerprint density at radius 2 is 2.31 bits per heavy atom. The minimum absolute atomic E-state index is 0.739. The first-order valence-electron chi connectivity index (χ1n) is 5.52. The maximum Gasteiger partial charge on any atom is 0.281 e. The minimum atomic E-state index is -0.860. The Labute approximate surface area is 96.0 Å². The number of anilines is 1. The summed E-state index contributed by atoms with van der Waals surface area (Å²) in [6.45, 7) is 4.22. The van der Waals surface area contributed by atoms with E-state index in [4.69, 9.17) is 4.74 Å². The van der Waals surface area contributed by atoms with Gasteiger partial charge in [0.05, 0.1) is 5.69 Å². The van der Waals surface area contributed by atoms with Crippen LogP contribution in [0.3, 0.4) is 0 Å². The van der Waals surface area contributed by atoms with Crippen LogP contribution in [-0.4, -0.2) is 18.6 Å². The highest BCUT2D eigenvalue weighted by Gasteiger charge is 2.25. The topological polar surface area (TPSA) is 32.7 Å². The Hall–Kier alpha value is -1.48. The number of rotatable bonds is 2. The summed E-state index contributed by atoms with van der Waals surface area (Å²) in [7, 11) is 1.82. The van der Waals surface area contributed by atoms with E-state index in [0.717, 1.165) is 17.9 Å². The number of hydrogen-bond acceptors (Lipinski definition) is 3. The molecular formula is C13H17NO2. The molecule has 3 heteroatoms. The second-order valence-corrected chi connectivity index (χ2v) is 4.03. The normalized spacial score (nSPS) is 19.6. The van der Waals surface area contributed by atoms with Gasteiger partial charge in [-0.1, -0.05) is 19.1 Å². The fourth-order valence-electron chi connectivity index (χ4n) is 1.87. The third-order valence-corrected chi connectivity index (χ3v) is 2.87. The molecule has 1 unspecified atom stereocenters. The summed E-state index contributed by atoms with van der Waals surface area (Å²) in [5.74, 6) is 0.739. The molecular weight excluding hydrogens is 202 g/mol. The van der Waals surface area contributed by atoms with Gasteiger partial charge in [-0.2, -0.15) is 0 Å². The van der Waals surface area contributed by atoms with Gasteiger partial charge in [-0.15, -0.1) is 0 Å². The van der Waals surface area contributed by atoms with E-state index in [9.17, 15) is 5.11 Å². The molecule has 0 saturated heterocycles. The van der Waals surface area contributed by atoms with Crippen LogP contribution in [0.15, 0.2) is 24.3 Å². The monoisotopic (exact) mass is 219 g/mol. The lowest BCUT2D eigenvalue weighted by Gasteiger charge is -2.14. The van der Waals surface area contributed by atoms with E-state index >= 15 is 0 Å². The highest BCUT2D eigenvalue weighted by Crippen LogP contribution is 2.37. The van der Waals surface area contributed by atoms with Gasteiger partial charge in [0, 0.05) is 7.05 Å². The molecule has 0 bridgehead atoms. The van der Waals surface area contributed by atoms with Crippen LogP contribution in [0.1, 0.15) is 25.8 Å². The van der Waals surface area contributed by atoms with Crippen LogP contribution in [-0.2, 0) is 0 Å². The van der Waals surface area contributed by atoms with Crippen molar-refractivity contribution in [1.82, 2.24) is 0 Å². The number of hydrogen-bond donors (Lipinski definition) is 1. The van der Waals surface area contributed by atoms with Gasteiger partial charge in [0.15, 0.2) is 0 Å². The van der Waals surface area contributed by atoms with Gasteiger partial charge in [0.2, 0.25) is 0 Å². The molecule has 1 atom stereocenters. The molecule has 1 N–H and O–H groups in total. The predicted octanol–water partition coefficient (Wildman–Crippen LogP) is 2.60. The SMILES string of the molecule is CCC=C(C)c1ccc2c(c1)N(C)C(O)O2. The van der Waals surface area contributed by atoms with Crippen LogP contribution in [0, 0.1) is 0 Å². The first-order valence-corrected chi connectivity index (χ1v) is 5.52. The molecule has 1 aromatic carbocycles. The fraction of sp³-hybridized carbons (Fsp3) is 0.385. The van der Waals surface area contributed by atoms with Crippen LogP contribution in [0.25, 0.3) is 5.57 Å². The van der Waals surface area contributed by atoms with Crippen molar-refractivity contribution in [3.05, 3.63) is 29.8 Å². The maximum atomic E-state index is 9.54. The zero-order chi connectivity index (χ0) is 11.7. The number of ether oxygens (including phenoxy) is 1. The lowest BCUT2D eigenvalue weighted by molar-refractivity contribution is 0.000985. The Bertz CT molecular complexity index is 426. The number of benzene rings is 1. The molecule has 3 nitrogen and oxygen atoms in total. The molecule has 1 aliphatic heterocycles. The molecule has 0 radical (unpaired) electrons. The van der Waals surface area contributed by atoms with Crippen LogP contribution in [0.2, 0.25) is 0 Å². The van der Waals surface area contributed by atoms with Crippen LogP contribution >= 0.6 is 0 Å². The van der Waals surface area contributed by atoms with E-state index in [2.05, 4.69) is 19.9 Å². The molecule has 16 heavy (non-hydrogen) atoms. The van der Waals surface area contributed by atoms with Crippen molar-refractivity contribution in [3.8, 4) is 5.75 Å². The van der Waals surface area contributed by atoms with Crippen LogP contribution in [0.4, 0.5) is 5.69 Å². The molecule has 1 aliphatic rings. The van der Waals surface area contributed by atoms with Crippen molar-refractivity contribution in [1.29, 1.82) is 0 Å². The second kappa shape index (κ2) is 4.18. The van der Waals surface area contributed by atoms with Gasteiger partial charge in [-0.05, 0) is 36.6 Å². The summed E-state index contributed by atoms with van der Waals surface area (Å²) < 4.78 is 5.28. The van der Waals surface area contributed by atoms with E-state index in [1.165, 1.54) is 11.1 Å². The molecule has 0 fully saturated rings. The Kier molecular flexibility index (Phi) is 2.88. The quantitative estimate of drug-likeness (QED) is 0.830. The third kappa shape index (κ3) is 1.78. The van der Waals surface area contributed by atoms with Gasteiger partial charge in [-0.3, -0.25) is 0 Å². The molecule has 0 spiro atoms. The lowest BCUT2D eigenvalue weighted by atomic mass is 10.1. The molecule has 1 aromatic rings. The first kappa shape index (κ1) is 11.0. The van der Waals surface area contributed by atoms with E-state index in [1.54, 1.807) is 4.90 Å². The van der Waals surface area contributed by atoms with E-state index in [0.29, 0.717) is 0 Å². The van der Waals surface area contributed by atoms with Gasteiger partial charge in [0.25, 0.3) is 6.41 Å². The lowest BCUT2D eigenvalue weighted by Crippen LogP contribution is -2.30. The van der Waals surface area contributed by atoms with Gasteiger partial charge in [-0.25, -0.2) is 0 Å². The second-order valence-electron chi connectivity index (χ2n) is 4.03. The van der Waals surface area contributed by atoms with Crippen LogP contribution < -0.4 is 9.64 Å². The summed E-state index contributed by atoms with van der Waals surface area (Å²) in [5, 5.41) is 9.54. The summed E-state index contributed by atoms with van der Waals surface area (Å²) in [5.41, 5.74) is 3.36. The van der Waals surface area contributed by atoms with Crippen molar-refractivity contribution in [2.45, 2.75) is 26.7 Å². The number of aliphatic hydroxyl groups excluding tert-OH is 1. The van der Waals surface area contributed by atoms with Crippen molar-refractivity contribution in [2.24, 2.45) is 0 Å². The highest BCUT2D eigenvalue weighted by atomic mass is 16.6. The maximum absolute atomic E-state index is 9.54. The highest BCUT2D eigenvalue weighted by molar-refractivity contribution is 5.72. The van der Waals surface area contributed by atoms with E-state index < -0.39 is 6.41 Å². The Morgan fingerprint density at radius 1 is 1.56 bits per heavy atom. The van der Waals surface area contributed by atoms with E-state index in [-0.39, 0.29) is 0 Å². The summed E-state index contributed by atoms with van der Waals surface area (Å²) in [4.78, 5) is 1.72. The molecule has 0 amide bonds. The van der Waals surface area contributed by atoms with Crippen molar-refractivity contribution in [2.75, 3.05) is 11.9 Å². The average Bonchev–Trinajstić information content (AvgIpc) is 2.55. The van der Waals surface area contributed by atoms with Crippen molar-refractivity contribution >= 4 is 11.3 Å². The third-order valence-electron chi connectivity index (χ3n) is 2.87. The van der Waals surface area contributed by atoms with E-state index in [1.807, 2.05) is 25.2 Å². The number of aliphatic hydroxyl groups is 1. The summed E-state index contributed by atoms with van der Waals surface area (Å²) in [6.07, 6.45) is 2.35. The number of allylic oxidation sites excluding steroid dienone is 2. The molecule has 86 valence electrons. The van der Waals surface area contributed by atoms with Gasteiger partial charge in [0.1, 0.15) is 5.75 Å². The fourth-order valence-corrected chi connectivity index (χ4v) is 1.87. The van der Waals surface area contributed by atoms with Crippen molar-refractivity contribution in [3.63, 3.8) is 0 Å². The molecule has 0 aliphatic carbocycles. The predicted molar refractivity (Wildman–Crippen MR) is 65.4 cm³/mol. The minimum Gasteiger partial charge on any atom is -0.445 e. The smallest absolute Gasteiger partial charge is 0.281 e. The molecule has 0 aromatic heterocycles. The number of nitrogens with zero attached hydrogens (tertiary/aromatic N) is 1.